The Labute approximate surface area is 134 Å². The van der Waals surface area contributed by atoms with Crippen LogP contribution in [0.5, 0.6) is 0 Å². The van der Waals surface area contributed by atoms with E-state index in [1.165, 1.54) is 12.0 Å². The van der Waals surface area contributed by atoms with Crippen LogP contribution in [-0.2, 0) is 10.2 Å². The lowest BCUT2D eigenvalue weighted by atomic mass is 9.74. The Bertz CT molecular complexity index is 495. The maximum absolute atomic E-state index is 13.6. The number of hydrogen-bond acceptors (Lipinski definition) is 2. The monoisotopic (exact) mass is 300 g/mol. The molecule has 2 aliphatic rings. The van der Waals surface area contributed by atoms with Crippen molar-refractivity contribution in [3.63, 3.8) is 0 Å². The van der Waals surface area contributed by atoms with E-state index in [0.717, 1.165) is 38.8 Å². The van der Waals surface area contributed by atoms with Crippen LogP contribution in [0, 0.1) is 0 Å². The third kappa shape index (κ3) is 2.45. The summed E-state index contributed by atoms with van der Waals surface area (Å²) in [6.45, 7) is 6.32. The SMILES string of the molecule is CCC(CC)(C(=O)N1C2CCNCC1CC2)c1ccccc1. The molecule has 2 aliphatic heterocycles. The first kappa shape index (κ1) is 15.5. The third-order valence-corrected chi connectivity index (χ3v) is 5.83. The molecule has 3 heteroatoms. The van der Waals surface area contributed by atoms with Crippen LogP contribution in [0.3, 0.4) is 0 Å². The van der Waals surface area contributed by atoms with Crippen molar-refractivity contribution in [3.05, 3.63) is 35.9 Å². The van der Waals surface area contributed by atoms with Crippen molar-refractivity contribution in [1.82, 2.24) is 10.2 Å². The maximum Gasteiger partial charge on any atom is 0.233 e. The van der Waals surface area contributed by atoms with E-state index in [0.29, 0.717) is 18.0 Å². The molecule has 3 nitrogen and oxygen atoms in total. The van der Waals surface area contributed by atoms with Crippen molar-refractivity contribution in [3.8, 4) is 0 Å². The standard InChI is InChI=1S/C19H28N2O/c1-3-19(4-2,15-8-6-5-7-9-15)18(22)21-16-10-11-17(21)14-20-13-12-16/h5-9,16-17,20H,3-4,10-14H2,1-2H3. The molecule has 1 aromatic carbocycles. The summed E-state index contributed by atoms with van der Waals surface area (Å²) in [6, 6.07) is 11.2. The molecule has 2 saturated heterocycles. The predicted molar refractivity (Wildman–Crippen MR) is 89.8 cm³/mol. The van der Waals surface area contributed by atoms with Crippen LogP contribution in [0.25, 0.3) is 0 Å². The number of nitrogens with one attached hydrogen (secondary N) is 1. The summed E-state index contributed by atoms with van der Waals surface area (Å²) in [5, 5.41) is 3.50. The van der Waals surface area contributed by atoms with Gasteiger partial charge in [0.05, 0.1) is 5.41 Å². The number of hydrogen-bond donors (Lipinski definition) is 1. The van der Waals surface area contributed by atoms with Crippen LogP contribution < -0.4 is 5.32 Å². The molecule has 2 heterocycles. The van der Waals surface area contributed by atoms with Crippen LogP contribution in [0.4, 0.5) is 0 Å². The van der Waals surface area contributed by atoms with Gasteiger partial charge in [-0.25, -0.2) is 0 Å². The van der Waals surface area contributed by atoms with Crippen molar-refractivity contribution < 1.29 is 4.79 Å². The molecule has 3 rings (SSSR count). The van der Waals surface area contributed by atoms with Gasteiger partial charge in [-0.3, -0.25) is 4.79 Å². The summed E-state index contributed by atoms with van der Waals surface area (Å²) < 4.78 is 0. The van der Waals surface area contributed by atoms with Crippen LogP contribution in [-0.4, -0.2) is 36.0 Å². The smallest absolute Gasteiger partial charge is 0.233 e. The quantitative estimate of drug-likeness (QED) is 0.926. The van der Waals surface area contributed by atoms with E-state index >= 15 is 0 Å². The van der Waals surface area contributed by atoms with Gasteiger partial charge in [0.25, 0.3) is 0 Å². The van der Waals surface area contributed by atoms with Gasteiger partial charge in [-0.1, -0.05) is 44.2 Å². The molecule has 0 saturated carbocycles. The van der Waals surface area contributed by atoms with Crippen LogP contribution in [0.1, 0.15) is 51.5 Å². The zero-order valence-corrected chi connectivity index (χ0v) is 13.8. The summed E-state index contributed by atoms with van der Waals surface area (Å²) >= 11 is 0. The van der Waals surface area contributed by atoms with Crippen molar-refractivity contribution in [2.75, 3.05) is 13.1 Å². The van der Waals surface area contributed by atoms with E-state index in [9.17, 15) is 4.79 Å². The van der Waals surface area contributed by atoms with Crippen molar-refractivity contribution >= 4 is 5.91 Å². The van der Waals surface area contributed by atoms with Gasteiger partial charge in [0.15, 0.2) is 0 Å². The van der Waals surface area contributed by atoms with E-state index in [2.05, 4.69) is 48.3 Å². The molecule has 1 amide bonds. The molecule has 22 heavy (non-hydrogen) atoms. The van der Waals surface area contributed by atoms with Gasteiger partial charge in [0.1, 0.15) is 0 Å². The molecule has 2 bridgehead atoms. The first-order chi connectivity index (χ1) is 10.7. The Morgan fingerprint density at radius 1 is 1.14 bits per heavy atom. The molecule has 1 aromatic rings. The fourth-order valence-corrected chi connectivity index (χ4v) is 4.40. The molecule has 0 spiro atoms. The molecule has 2 atom stereocenters. The highest BCUT2D eigenvalue weighted by Gasteiger charge is 2.46. The normalized spacial score (nSPS) is 25.1. The van der Waals surface area contributed by atoms with Crippen LogP contribution in [0.15, 0.2) is 30.3 Å². The molecule has 120 valence electrons. The van der Waals surface area contributed by atoms with E-state index in [4.69, 9.17) is 0 Å². The third-order valence-electron chi connectivity index (χ3n) is 5.83. The number of fused-ring (bicyclic) bond motifs is 2. The summed E-state index contributed by atoms with van der Waals surface area (Å²) in [6.07, 6.45) is 5.17. The Kier molecular flexibility index (Phi) is 4.53. The predicted octanol–water partition coefficient (Wildman–Crippen LogP) is 3.10. The Morgan fingerprint density at radius 3 is 2.50 bits per heavy atom. The highest BCUT2D eigenvalue weighted by molar-refractivity contribution is 5.89. The minimum Gasteiger partial charge on any atom is -0.335 e. The zero-order valence-electron chi connectivity index (χ0n) is 13.8. The van der Waals surface area contributed by atoms with Gasteiger partial charge >= 0.3 is 0 Å². The largest absolute Gasteiger partial charge is 0.335 e. The number of nitrogens with zero attached hydrogens (tertiary/aromatic N) is 1. The number of carbonyl (C=O) groups excluding carboxylic acids is 1. The van der Waals surface area contributed by atoms with E-state index in [1.54, 1.807) is 0 Å². The zero-order chi connectivity index (χ0) is 15.6. The molecule has 0 aromatic heterocycles. The van der Waals surface area contributed by atoms with Crippen molar-refractivity contribution in [1.29, 1.82) is 0 Å². The highest BCUT2D eigenvalue weighted by atomic mass is 16.2. The van der Waals surface area contributed by atoms with Crippen LogP contribution in [0.2, 0.25) is 0 Å². The fraction of sp³-hybridized carbons (Fsp3) is 0.632. The number of amides is 1. The summed E-state index contributed by atoms with van der Waals surface area (Å²) in [7, 11) is 0. The van der Waals surface area contributed by atoms with E-state index < -0.39 is 0 Å². The first-order valence-corrected chi connectivity index (χ1v) is 8.82. The van der Waals surface area contributed by atoms with Gasteiger partial charge in [-0.05, 0) is 44.2 Å². The molecule has 1 N–H and O–H groups in total. The van der Waals surface area contributed by atoms with E-state index in [1.807, 2.05) is 6.07 Å². The molecular formula is C19H28N2O. The molecular weight excluding hydrogens is 272 g/mol. The summed E-state index contributed by atoms with van der Waals surface area (Å²) in [4.78, 5) is 15.8. The lowest BCUT2D eigenvalue weighted by Gasteiger charge is -2.39. The van der Waals surface area contributed by atoms with Crippen molar-refractivity contribution in [2.24, 2.45) is 0 Å². The maximum atomic E-state index is 13.6. The summed E-state index contributed by atoms with van der Waals surface area (Å²) in [5.74, 6) is 0.361. The number of rotatable bonds is 4. The van der Waals surface area contributed by atoms with Gasteiger partial charge in [-0.2, -0.15) is 0 Å². The summed E-state index contributed by atoms with van der Waals surface area (Å²) in [5.41, 5.74) is 0.827. The molecule has 0 aliphatic carbocycles. The average molecular weight is 300 g/mol. The number of carbonyl (C=O) groups is 1. The van der Waals surface area contributed by atoms with Crippen LogP contribution >= 0.6 is 0 Å². The number of benzene rings is 1. The Morgan fingerprint density at radius 2 is 1.82 bits per heavy atom. The topological polar surface area (TPSA) is 32.3 Å². The molecule has 2 unspecified atom stereocenters. The van der Waals surface area contributed by atoms with Gasteiger partial charge in [-0.15, -0.1) is 0 Å². The van der Waals surface area contributed by atoms with E-state index in [-0.39, 0.29) is 5.41 Å². The molecule has 2 fully saturated rings. The Balaban J connectivity index is 1.96. The Hall–Kier alpha value is -1.35. The van der Waals surface area contributed by atoms with Crippen molar-refractivity contribution in [2.45, 2.75) is 63.5 Å². The fourth-order valence-electron chi connectivity index (χ4n) is 4.40. The minimum atomic E-state index is -0.355. The minimum absolute atomic E-state index is 0.355. The molecule has 0 radical (unpaired) electrons. The van der Waals surface area contributed by atoms with Gasteiger partial charge in [0, 0.05) is 18.6 Å². The second kappa shape index (κ2) is 6.41. The highest BCUT2D eigenvalue weighted by Crippen LogP contribution is 2.38. The van der Waals surface area contributed by atoms with Gasteiger partial charge in [0.2, 0.25) is 5.91 Å². The first-order valence-electron chi connectivity index (χ1n) is 8.82. The second-order valence-corrected chi connectivity index (χ2v) is 6.75. The average Bonchev–Trinajstić information content (AvgIpc) is 2.83. The lowest BCUT2D eigenvalue weighted by Crippen LogP contribution is -2.52. The lowest BCUT2D eigenvalue weighted by molar-refractivity contribution is -0.140. The van der Waals surface area contributed by atoms with Gasteiger partial charge < -0.3 is 10.2 Å². The second-order valence-electron chi connectivity index (χ2n) is 6.75.